The van der Waals surface area contributed by atoms with Crippen LogP contribution in [0.3, 0.4) is 0 Å². The summed E-state index contributed by atoms with van der Waals surface area (Å²) in [5.41, 5.74) is -2.68. The van der Waals surface area contributed by atoms with E-state index in [1.165, 1.54) is 31.1 Å². The highest BCUT2D eigenvalue weighted by Crippen LogP contribution is 2.37. The highest BCUT2D eigenvalue weighted by atomic mass is 19.4. The van der Waals surface area contributed by atoms with Crippen molar-refractivity contribution in [2.45, 2.75) is 6.18 Å². The molecule has 6 heteroatoms. The van der Waals surface area contributed by atoms with Crippen LogP contribution in [-0.4, -0.2) is 14.1 Å². The highest BCUT2D eigenvalue weighted by molar-refractivity contribution is 5.91. The Balaban J connectivity index is 2.98. The van der Waals surface area contributed by atoms with Crippen LogP contribution >= 0.6 is 0 Å². The lowest BCUT2D eigenvalue weighted by Gasteiger charge is -2.19. The van der Waals surface area contributed by atoms with E-state index < -0.39 is 17.4 Å². The number of hydrogen-bond acceptors (Lipinski definition) is 3. The van der Waals surface area contributed by atoms with Crippen LogP contribution in [0, 0.1) is 0 Å². The van der Waals surface area contributed by atoms with E-state index >= 15 is 0 Å². The third-order valence-corrected chi connectivity index (χ3v) is 2.52. The number of alkyl halides is 3. The molecule has 0 aliphatic rings. The molecule has 0 unspecified atom stereocenters. The van der Waals surface area contributed by atoms with Crippen molar-refractivity contribution in [2.24, 2.45) is 0 Å². The lowest BCUT2D eigenvalue weighted by molar-refractivity contribution is -0.139. The van der Waals surface area contributed by atoms with Crippen LogP contribution in [-0.2, 0) is 6.18 Å². The molecule has 3 nitrogen and oxygen atoms in total. The Hall–Kier alpha value is -1.98. The molecular formula is C12H10F3NO2. The number of fused-ring (bicyclic) bond motifs is 1. The fourth-order valence-electron chi connectivity index (χ4n) is 1.85. The van der Waals surface area contributed by atoms with Gasteiger partial charge in [0.05, 0.1) is 5.69 Å². The number of nitrogens with zero attached hydrogens (tertiary/aromatic N) is 1. The van der Waals surface area contributed by atoms with E-state index in [1.807, 2.05) is 0 Å². The van der Waals surface area contributed by atoms with Crippen LogP contribution in [0.1, 0.15) is 5.56 Å². The maximum Gasteiger partial charge on any atom is 0.425 e. The van der Waals surface area contributed by atoms with E-state index in [0.29, 0.717) is 0 Å². The smallest absolute Gasteiger partial charge is 0.422 e. The molecule has 1 aromatic carbocycles. The molecule has 18 heavy (non-hydrogen) atoms. The lowest BCUT2D eigenvalue weighted by Crippen LogP contribution is -2.24. The fraction of sp³-hybridized carbons (Fsp3) is 0.250. The zero-order valence-electron chi connectivity index (χ0n) is 9.71. The molecule has 2 rings (SSSR count). The largest absolute Gasteiger partial charge is 0.425 e. The van der Waals surface area contributed by atoms with Gasteiger partial charge in [0.25, 0.3) is 0 Å². The van der Waals surface area contributed by atoms with Gasteiger partial charge in [0, 0.05) is 19.5 Å². The summed E-state index contributed by atoms with van der Waals surface area (Å²) in [4.78, 5) is 12.8. The molecule has 1 aromatic heterocycles. The molecule has 0 spiro atoms. The van der Waals surface area contributed by atoms with Gasteiger partial charge in [-0.25, -0.2) is 4.79 Å². The van der Waals surface area contributed by atoms with Crippen LogP contribution < -0.4 is 10.5 Å². The predicted molar refractivity (Wildman–Crippen MR) is 61.8 cm³/mol. The Labute approximate surface area is 100 Å². The summed E-state index contributed by atoms with van der Waals surface area (Å²) in [6.45, 7) is 0. The third kappa shape index (κ3) is 1.94. The first-order valence-corrected chi connectivity index (χ1v) is 5.12. The van der Waals surface area contributed by atoms with Crippen molar-refractivity contribution in [1.82, 2.24) is 0 Å². The van der Waals surface area contributed by atoms with Gasteiger partial charge in [-0.05, 0) is 12.1 Å². The molecule has 0 bridgehead atoms. The molecule has 0 N–H and O–H groups in total. The van der Waals surface area contributed by atoms with E-state index in [0.717, 1.165) is 0 Å². The van der Waals surface area contributed by atoms with Gasteiger partial charge in [-0.15, -0.1) is 0 Å². The van der Waals surface area contributed by atoms with Crippen LogP contribution in [0.25, 0.3) is 11.0 Å². The SMILES string of the molecule is CN(C)c1c(C(F)(F)F)c(=O)oc2ccccc12. The van der Waals surface area contributed by atoms with Crippen molar-refractivity contribution in [1.29, 1.82) is 0 Å². The zero-order valence-corrected chi connectivity index (χ0v) is 9.71. The average Bonchev–Trinajstić information content (AvgIpc) is 2.25. The minimum absolute atomic E-state index is 0.138. The summed E-state index contributed by atoms with van der Waals surface area (Å²) in [6, 6.07) is 6.14. The first-order valence-electron chi connectivity index (χ1n) is 5.12. The lowest BCUT2D eigenvalue weighted by atomic mass is 10.1. The minimum atomic E-state index is -4.75. The summed E-state index contributed by atoms with van der Waals surface area (Å²) in [6.07, 6.45) is -4.75. The van der Waals surface area contributed by atoms with Gasteiger partial charge in [-0.3, -0.25) is 0 Å². The standard InChI is InChI=1S/C12H10F3NO2/c1-16(2)10-7-5-3-4-6-8(7)18-11(17)9(10)12(13,14)15/h3-6H,1-2H3. The van der Waals surface area contributed by atoms with Crippen molar-refractivity contribution >= 4 is 16.7 Å². The second-order valence-corrected chi connectivity index (χ2v) is 4.00. The van der Waals surface area contributed by atoms with Crippen molar-refractivity contribution in [3.63, 3.8) is 0 Å². The van der Waals surface area contributed by atoms with Crippen molar-refractivity contribution in [3.05, 3.63) is 40.2 Å². The molecule has 0 saturated heterocycles. The number of anilines is 1. The molecule has 0 radical (unpaired) electrons. The van der Waals surface area contributed by atoms with E-state index in [2.05, 4.69) is 0 Å². The predicted octanol–water partition coefficient (Wildman–Crippen LogP) is 2.88. The fourth-order valence-corrected chi connectivity index (χ4v) is 1.85. The molecule has 0 atom stereocenters. The van der Waals surface area contributed by atoms with Crippen LogP contribution in [0.15, 0.2) is 33.5 Å². The second-order valence-electron chi connectivity index (χ2n) is 4.00. The Morgan fingerprint density at radius 2 is 1.78 bits per heavy atom. The van der Waals surface area contributed by atoms with Crippen LogP contribution in [0.5, 0.6) is 0 Å². The molecule has 0 saturated carbocycles. The Morgan fingerprint density at radius 1 is 1.17 bits per heavy atom. The maximum atomic E-state index is 12.9. The number of halogens is 3. The quantitative estimate of drug-likeness (QED) is 0.736. The van der Waals surface area contributed by atoms with Crippen LogP contribution in [0.4, 0.5) is 18.9 Å². The first kappa shape index (κ1) is 12.5. The minimum Gasteiger partial charge on any atom is -0.422 e. The summed E-state index contributed by atoms with van der Waals surface area (Å²) >= 11 is 0. The topological polar surface area (TPSA) is 33.5 Å². The van der Waals surface area contributed by atoms with Crippen LogP contribution in [0.2, 0.25) is 0 Å². The molecule has 0 fully saturated rings. The molecule has 0 aliphatic carbocycles. The number of benzene rings is 1. The summed E-state index contributed by atoms with van der Waals surface area (Å²) in [7, 11) is 2.91. The highest BCUT2D eigenvalue weighted by Gasteiger charge is 2.39. The van der Waals surface area contributed by atoms with Gasteiger partial charge in [-0.1, -0.05) is 12.1 Å². The molecular weight excluding hydrogens is 247 g/mol. The first-order chi connectivity index (χ1) is 8.32. The molecule has 1 heterocycles. The van der Waals surface area contributed by atoms with Gasteiger partial charge in [0.1, 0.15) is 5.58 Å². The van der Waals surface area contributed by atoms with Gasteiger partial charge >= 0.3 is 11.8 Å². The number of para-hydroxylation sites is 1. The number of rotatable bonds is 1. The Kier molecular flexibility index (Phi) is 2.80. The Morgan fingerprint density at radius 3 is 2.33 bits per heavy atom. The molecule has 96 valence electrons. The zero-order chi connectivity index (χ0) is 13.5. The summed E-state index contributed by atoms with van der Waals surface area (Å²) < 4.78 is 43.4. The molecule has 0 aliphatic heterocycles. The second kappa shape index (κ2) is 4.04. The Bertz CT molecular complexity index is 644. The summed E-state index contributed by atoms with van der Waals surface area (Å²) in [5.74, 6) is 0. The van der Waals surface area contributed by atoms with Crippen molar-refractivity contribution in [2.75, 3.05) is 19.0 Å². The van der Waals surface area contributed by atoms with Gasteiger partial charge in [-0.2, -0.15) is 13.2 Å². The van der Waals surface area contributed by atoms with E-state index in [1.54, 1.807) is 12.1 Å². The van der Waals surface area contributed by atoms with Gasteiger partial charge < -0.3 is 9.32 Å². The van der Waals surface area contributed by atoms with Crippen molar-refractivity contribution < 1.29 is 17.6 Å². The van der Waals surface area contributed by atoms with E-state index in [-0.39, 0.29) is 16.7 Å². The average molecular weight is 257 g/mol. The monoisotopic (exact) mass is 257 g/mol. The van der Waals surface area contributed by atoms with E-state index in [4.69, 9.17) is 4.42 Å². The molecule has 2 aromatic rings. The van der Waals surface area contributed by atoms with E-state index in [9.17, 15) is 18.0 Å². The van der Waals surface area contributed by atoms with Gasteiger partial charge in [0.15, 0.2) is 5.56 Å². The van der Waals surface area contributed by atoms with Gasteiger partial charge in [0.2, 0.25) is 0 Å². The maximum absolute atomic E-state index is 12.9. The van der Waals surface area contributed by atoms with Crippen molar-refractivity contribution in [3.8, 4) is 0 Å². The third-order valence-electron chi connectivity index (χ3n) is 2.52. The normalized spacial score (nSPS) is 11.8. The molecule has 0 amide bonds. The summed E-state index contributed by atoms with van der Waals surface area (Å²) in [5, 5.41) is 0.259. The number of hydrogen-bond donors (Lipinski definition) is 0.